The standard InChI is InChI=1S/C14H17N3O/c1-11(2)8-9-17-13(18)10-15-14(16-17)12-6-4-3-5-7-12/h3-7,10-11H,8-9H2,1-2H3. The summed E-state index contributed by atoms with van der Waals surface area (Å²) in [6.45, 7) is 4.90. The van der Waals surface area contributed by atoms with Gasteiger partial charge < -0.3 is 0 Å². The first kappa shape index (κ1) is 12.5. The summed E-state index contributed by atoms with van der Waals surface area (Å²) in [6, 6.07) is 9.68. The highest BCUT2D eigenvalue weighted by Gasteiger charge is 2.05. The van der Waals surface area contributed by atoms with Crippen LogP contribution in [0.2, 0.25) is 0 Å². The maximum absolute atomic E-state index is 11.7. The van der Waals surface area contributed by atoms with E-state index in [0.717, 1.165) is 12.0 Å². The summed E-state index contributed by atoms with van der Waals surface area (Å²) in [5, 5.41) is 4.31. The molecule has 94 valence electrons. The molecular weight excluding hydrogens is 226 g/mol. The highest BCUT2D eigenvalue weighted by molar-refractivity contribution is 5.53. The molecule has 1 aromatic carbocycles. The number of rotatable bonds is 4. The summed E-state index contributed by atoms with van der Waals surface area (Å²) >= 11 is 0. The van der Waals surface area contributed by atoms with E-state index in [2.05, 4.69) is 23.9 Å². The molecule has 2 rings (SSSR count). The summed E-state index contributed by atoms with van der Waals surface area (Å²) < 4.78 is 1.50. The molecule has 4 heteroatoms. The number of aryl methyl sites for hydroxylation is 1. The van der Waals surface area contributed by atoms with Crippen molar-refractivity contribution in [2.24, 2.45) is 5.92 Å². The van der Waals surface area contributed by atoms with Crippen LogP contribution in [0.1, 0.15) is 20.3 Å². The second-order valence-electron chi connectivity index (χ2n) is 4.69. The maximum atomic E-state index is 11.7. The third-order valence-electron chi connectivity index (χ3n) is 2.72. The fourth-order valence-corrected chi connectivity index (χ4v) is 1.63. The van der Waals surface area contributed by atoms with Crippen LogP contribution in [-0.4, -0.2) is 14.8 Å². The summed E-state index contributed by atoms with van der Waals surface area (Å²) in [4.78, 5) is 15.7. The second-order valence-corrected chi connectivity index (χ2v) is 4.69. The molecule has 0 aliphatic rings. The number of benzene rings is 1. The van der Waals surface area contributed by atoms with Gasteiger partial charge in [-0.05, 0) is 12.3 Å². The molecular formula is C14H17N3O. The first-order valence-corrected chi connectivity index (χ1v) is 6.16. The zero-order valence-electron chi connectivity index (χ0n) is 10.7. The van der Waals surface area contributed by atoms with Crippen molar-refractivity contribution in [1.29, 1.82) is 0 Å². The molecule has 0 N–H and O–H groups in total. The number of hydrogen-bond donors (Lipinski definition) is 0. The van der Waals surface area contributed by atoms with Gasteiger partial charge in [0, 0.05) is 12.1 Å². The lowest BCUT2D eigenvalue weighted by Gasteiger charge is -2.07. The monoisotopic (exact) mass is 243 g/mol. The van der Waals surface area contributed by atoms with Crippen molar-refractivity contribution in [2.75, 3.05) is 0 Å². The minimum Gasteiger partial charge on any atom is -0.266 e. The largest absolute Gasteiger partial charge is 0.285 e. The van der Waals surface area contributed by atoms with E-state index in [9.17, 15) is 4.79 Å². The Labute approximate surface area is 106 Å². The Morgan fingerprint density at radius 1 is 1.22 bits per heavy atom. The molecule has 0 saturated heterocycles. The van der Waals surface area contributed by atoms with Gasteiger partial charge in [-0.2, -0.15) is 0 Å². The topological polar surface area (TPSA) is 47.8 Å². The minimum absolute atomic E-state index is 0.143. The predicted octanol–water partition coefficient (Wildman–Crippen LogP) is 2.35. The van der Waals surface area contributed by atoms with E-state index in [1.165, 1.54) is 10.9 Å². The smallest absolute Gasteiger partial charge is 0.266 e. The first-order chi connectivity index (χ1) is 8.66. The highest BCUT2D eigenvalue weighted by atomic mass is 16.1. The molecule has 0 bridgehead atoms. The van der Waals surface area contributed by atoms with E-state index in [-0.39, 0.29) is 5.56 Å². The van der Waals surface area contributed by atoms with Crippen molar-refractivity contribution in [3.63, 3.8) is 0 Å². The minimum atomic E-state index is -0.143. The van der Waals surface area contributed by atoms with Crippen LogP contribution < -0.4 is 5.56 Å². The lowest BCUT2D eigenvalue weighted by Crippen LogP contribution is -2.24. The van der Waals surface area contributed by atoms with Crippen LogP contribution in [-0.2, 0) is 6.54 Å². The van der Waals surface area contributed by atoms with Gasteiger partial charge in [-0.1, -0.05) is 44.2 Å². The SMILES string of the molecule is CC(C)CCn1nc(-c2ccccc2)ncc1=O. The molecule has 0 fully saturated rings. The zero-order valence-corrected chi connectivity index (χ0v) is 10.7. The van der Waals surface area contributed by atoms with E-state index in [4.69, 9.17) is 0 Å². The number of aromatic nitrogens is 3. The van der Waals surface area contributed by atoms with Gasteiger partial charge in [0.2, 0.25) is 0 Å². The van der Waals surface area contributed by atoms with Crippen molar-refractivity contribution in [1.82, 2.24) is 14.8 Å². The third-order valence-corrected chi connectivity index (χ3v) is 2.72. The Kier molecular flexibility index (Phi) is 3.87. The molecule has 0 aliphatic heterocycles. The lowest BCUT2D eigenvalue weighted by atomic mass is 10.1. The number of hydrogen-bond acceptors (Lipinski definition) is 3. The van der Waals surface area contributed by atoms with Gasteiger partial charge in [-0.3, -0.25) is 4.79 Å². The molecule has 0 unspecified atom stereocenters. The van der Waals surface area contributed by atoms with E-state index < -0.39 is 0 Å². The Bertz CT molecular complexity index is 561. The molecule has 0 radical (unpaired) electrons. The molecule has 1 aromatic heterocycles. The summed E-state index contributed by atoms with van der Waals surface area (Å²) in [5.41, 5.74) is 0.783. The Balaban J connectivity index is 2.29. The van der Waals surface area contributed by atoms with Gasteiger partial charge >= 0.3 is 0 Å². The lowest BCUT2D eigenvalue weighted by molar-refractivity contribution is 0.469. The average molecular weight is 243 g/mol. The molecule has 0 aliphatic carbocycles. The van der Waals surface area contributed by atoms with Crippen molar-refractivity contribution in [3.8, 4) is 11.4 Å². The third kappa shape index (κ3) is 3.03. The molecule has 0 atom stereocenters. The van der Waals surface area contributed by atoms with E-state index in [1.54, 1.807) is 0 Å². The Morgan fingerprint density at radius 3 is 2.61 bits per heavy atom. The summed E-state index contributed by atoms with van der Waals surface area (Å²) in [6.07, 6.45) is 2.28. The normalized spacial score (nSPS) is 10.8. The van der Waals surface area contributed by atoms with Crippen LogP contribution in [0.4, 0.5) is 0 Å². The maximum Gasteiger partial charge on any atom is 0.285 e. The zero-order chi connectivity index (χ0) is 13.0. The average Bonchev–Trinajstić information content (AvgIpc) is 2.38. The van der Waals surface area contributed by atoms with Crippen LogP contribution in [0.3, 0.4) is 0 Å². The van der Waals surface area contributed by atoms with Gasteiger partial charge in [-0.25, -0.2) is 9.67 Å². The summed E-state index contributed by atoms with van der Waals surface area (Å²) in [5.74, 6) is 1.14. The van der Waals surface area contributed by atoms with E-state index in [1.807, 2.05) is 30.3 Å². The van der Waals surface area contributed by atoms with Crippen molar-refractivity contribution < 1.29 is 0 Å². The van der Waals surface area contributed by atoms with Crippen LogP contribution >= 0.6 is 0 Å². The summed E-state index contributed by atoms with van der Waals surface area (Å²) in [7, 11) is 0. The fraction of sp³-hybridized carbons (Fsp3) is 0.357. The molecule has 0 amide bonds. The quantitative estimate of drug-likeness (QED) is 0.828. The number of nitrogens with zero attached hydrogens (tertiary/aromatic N) is 3. The molecule has 18 heavy (non-hydrogen) atoms. The highest BCUT2D eigenvalue weighted by Crippen LogP contribution is 2.11. The van der Waals surface area contributed by atoms with Gasteiger partial charge in [0.25, 0.3) is 5.56 Å². The van der Waals surface area contributed by atoms with Crippen LogP contribution in [0.5, 0.6) is 0 Å². The molecule has 0 spiro atoms. The Morgan fingerprint density at radius 2 is 1.94 bits per heavy atom. The Hall–Kier alpha value is -1.97. The van der Waals surface area contributed by atoms with Gasteiger partial charge in [0.05, 0.1) is 6.20 Å². The second kappa shape index (κ2) is 5.58. The van der Waals surface area contributed by atoms with E-state index in [0.29, 0.717) is 18.3 Å². The van der Waals surface area contributed by atoms with Gasteiger partial charge in [0.1, 0.15) is 0 Å². The van der Waals surface area contributed by atoms with Crippen LogP contribution in [0.15, 0.2) is 41.3 Å². The van der Waals surface area contributed by atoms with Crippen LogP contribution in [0.25, 0.3) is 11.4 Å². The fourth-order valence-electron chi connectivity index (χ4n) is 1.63. The van der Waals surface area contributed by atoms with Gasteiger partial charge in [0.15, 0.2) is 5.82 Å². The first-order valence-electron chi connectivity index (χ1n) is 6.16. The van der Waals surface area contributed by atoms with E-state index >= 15 is 0 Å². The van der Waals surface area contributed by atoms with Crippen molar-refractivity contribution in [3.05, 3.63) is 46.9 Å². The predicted molar refractivity (Wildman–Crippen MR) is 71.2 cm³/mol. The van der Waals surface area contributed by atoms with Crippen LogP contribution in [0, 0.1) is 5.92 Å². The molecule has 4 nitrogen and oxygen atoms in total. The molecule has 0 saturated carbocycles. The molecule has 1 heterocycles. The van der Waals surface area contributed by atoms with Gasteiger partial charge in [-0.15, -0.1) is 5.10 Å². The molecule has 2 aromatic rings. The van der Waals surface area contributed by atoms with Crippen molar-refractivity contribution >= 4 is 0 Å². The van der Waals surface area contributed by atoms with Crippen molar-refractivity contribution in [2.45, 2.75) is 26.8 Å².